The predicted octanol–water partition coefficient (Wildman–Crippen LogP) is 5.18. The van der Waals surface area contributed by atoms with Gasteiger partial charge in [0.05, 0.1) is 10.7 Å². The minimum Gasteiger partial charge on any atom is -0.453 e. The molecule has 0 atom stereocenters. The van der Waals surface area contributed by atoms with Crippen molar-refractivity contribution in [2.45, 2.75) is 6.42 Å². The summed E-state index contributed by atoms with van der Waals surface area (Å²) in [6.45, 7) is 0.823. The number of anilines is 1. The molecule has 0 saturated heterocycles. The monoisotopic (exact) mass is 315 g/mol. The van der Waals surface area contributed by atoms with Crippen LogP contribution in [0.25, 0.3) is 0 Å². The molecule has 0 amide bonds. The number of halogens is 3. The molecule has 0 unspecified atom stereocenters. The molecular formula is C14H12Cl3NO. The van der Waals surface area contributed by atoms with E-state index in [9.17, 15) is 0 Å². The van der Waals surface area contributed by atoms with Crippen LogP contribution in [-0.2, 0) is 6.42 Å². The van der Waals surface area contributed by atoms with Crippen LogP contribution < -0.4 is 10.1 Å². The lowest BCUT2D eigenvalue weighted by Crippen LogP contribution is -2.10. The predicted molar refractivity (Wildman–Crippen MR) is 82.4 cm³/mol. The van der Waals surface area contributed by atoms with Gasteiger partial charge in [0.1, 0.15) is 5.75 Å². The molecule has 2 nitrogen and oxygen atoms in total. The molecule has 1 heterocycles. The van der Waals surface area contributed by atoms with Crippen molar-refractivity contribution in [3.8, 4) is 11.5 Å². The number of fused-ring (bicyclic) bond motifs is 2. The van der Waals surface area contributed by atoms with E-state index in [2.05, 4.69) is 11.4 Å². The summed E-state index contributed by atoms with van der Waals surface area (Å²) < 4.78 is 5.92. The van der Waals surface area contributed by atoms with E-state index in [1.807, 2.05) is 24.3 Å². The van der Waals surface area contributed by atoms with Crippen LogP contribution in [0.2, 0.25) is 10.0 Å². The Kier molecular flexibility index (Phi) is 4.46. The molecule has 0 aromatic heterocycles. The van der Waals surface area contributed by atoms with Crippen molar-refractivity contribution in [3.05, 3.63) is 52.0 Å². The van der Waals surface area contributed by atoms with Crippen molar-refractivity contribution in [3.63, 3.8) is 0 Å². The van der Waals surface area contributed by atoms with E-state index in [0.717, 1.165) is 24.4 Å². The van der Waals surface area contributed by atoms with Crippen molar-refractivity contribution in [2.75, 3.05) is 11.9 Å². The summed E-state index contributed by atoms with van der Waals surface area (Å²) in [6, 6.07) is 11.5. The van der Waals surface area contributed by atoms with Crippen molar-refractivity contribution < 1.29 is 4.74 Å². The minimum atomic E-state index is 0. The minimum absolute atomic E-state index is 0. The fourth-order valence-corrected chi connectivity index (χ4v) is 2.58. The topological polar surface area (TPSA) is 21.3 Å². The molecule has 0 fully saturated rings. The largest absolute Gasteiger partial charge is 0.453 e. The second kappa shape index (κ2) is 5.91. The number of benzene rings is 2. The first-order valence-electron chi connectivity index (χ1n) is 5.73. The zero-order valence-corrected chi connectivity index (χ0v) is 12.3. The van der Waals surface area contributed by atoms with Crippen LogP contribution >= 0.6 is 35.6 Å². The summed E-state index contributed by atoms with van der Waals surface area (Å²) in [5, 5.41) is 4.41. The molecule has 0 spiro atoms. The van der Waals surface area contributed by atoms with Gasteiger partial charge in [-0.3, -0.25) is 0 Å². The van der Waals surface area contributed by atoms with Crippen molar-refractivity contribution in [1.82, 2.24) is 0 Å². The summed E-state index contributed by atoms with van der Waals surface area (Å²) >= 11 is 12.2. The van der Waals surface area contributed by atoms with Gasteiger partial charge in [0.25, 0.3) is 0 Å². The summed E-state index contributed by atoms with van der Waals surface area (Å²) in [5.41, 5.74) is 2.00. The third-order valence-corrected chi connectivity index (χ3v) is 3.40. The normalized spacial score (nSPS) is 12.7. The lowest BCUT2D eigenvalue weighted by atomic mass is 10.1. The standard InChI is InChI=1S/C14H11Cl2NO.ClH/c15-10-7-11(16)14-12(8-10)17-6-5-9-3-1-2-4-13(9)18-14;/h1-4,7-8,17H,5-6H2;1H. The fourth-order valence-electron chi connectivity index (χ4n) is 2.05. The van der Waals surface area contributed by atoms with E-state index in [1.165, 1.54) is 5.56 Å². The van der Waals surface area contributed by atoms with Gasteiger partial charge < -0.3 is 10.1 Å². The van der Waals surface area contributed by atoms with Crippen LogP contribution in [-0.4, -0.2) is 6.54 Å². The van der Waals surface area contributed by atoms with Gasteiger partial charge in [-0.15, -0.1) is 12.4 Å². The highest BCUT2D eigenvalue weighted by atomic mass is 35.5. The van der Waals surface area contributed by atoms with E-state index in [0.29, 0.717) is 15.8 Å². The number of hydrogen-bond acceptors (Lipinski definition) is 2. The first-order chi connectivity index (χ1) is 8.74. The van der Waals surface area contributed by atoms with Gasteiger partial charge in [0, 0.05) is 11.6 Å². The van der Waals surface area contributed by atoms with Gasteiger partial charge in [-0.2, -0.15) is 0 Å². The maximum atomic E-state index is 6.19. The fraction of sp³-hybridized carbons (Fsp3) is 0.143. The summed E-state index contributed by atoms with van der Waals surface area (Å²) in [5.74, 6) is 1.48. The third-order valence-electron chi connectivity index (χ3n) is 2.90. The maximum Gasteiger partial charge on any atom is 0.169 e. The molecule has 3 rings (SSSR count). The molecule has 5 heteroatoms. The number of ether oxygens (including phenoxy) is 1. The number of para-hydroxylation sites is 1. The van der Waals surface area contributed by atoms with Crippen molar-refractivity contribution >= 4 is 41.3 Å². The Labute approximate surface area is 128 Å². The lowest BCUT2D eigenvalue weighted by Gasteiger charge is -2.20. The molecule has 1 aliphatic heterocycles. The average molecular weight is 317 g/mol. The Bertz CT molecular complexity index is 601. The molecule has 0 saturated carbocycles. The smallest absolute Gasteiger partial charge is 0.169 e. The molecule has 1 N–H and O–H groups in total. The third kappa shape index (κ3) is 2.92. The highest BCUT2D eigenvalue weighted by molar-refractivity contribution is 6.36. The highest BCUT2D eigenvalue weighted by Gasteiger charge is 2.16. The van der Waals surface area contributed by atoms with Gasteiger partial charge in [-0.1, -0.05) is 41.4 Å². The van der Waals surface area contributed by atoms with Gasteiger partial charge in [-0.25, -0.2) is 0 Å². The van der Waals surface area contributed by atoms with Crippen LogP contribution in [0, 0.1) is 0 Å². The number of nitrogens with one attached hydrogen (secondary N) is 1. The molecule has 100 valence electrons. The van der Waals surface area contributed by atoms with Crippen LogP contribution in [0.3, 0.4) is 0 Å². The first kappa shape index (κ1) is 14.3. The number of hydrogen-bond donors (Lipinski definition) is 1. The molecule has 0 radical (unpaired) electrons. The van der Waals surface area contributed by atoms with Gasteiger partial charge in [0.2, 0.25) is 0 Å². The zero-order valence-electron chi connectivity index (χ0n) is 9.95. The van der Waals surface area contributed by atoms with E-state index in [-0.39, 0.29) is 12.4 Å². The first-order valence-corrected chi connectivity index (χ1v) is 6.48. The molecule has 0 bridgehead atoms. The number of rotatable bonds is 0. The second-order valence-electron chi connectivity index (χ2n) is 4.15. The Morgan fingerprint density at radius 2 is 1.89 bits per heavy atom. The molecule has 1 aliphatic rings. The van der Waals surface area contributed by atoms with Crippen LogP contribution in [0.1, 0.15) is 5.56 Å². The average Bonchev–Trinajstić information content (AvgIpc) is 2.32. The Morgan fingerprint density at radius 3 is 2.74 bits per heavy atom. The Balaban J connectivity index is 0.00000133. The SMILES string of the molecule is Cl.Clc1cc(Cl)c2c(c1)NCCc1ccccc1O2. The molecular weight excluding hydrogens is 305 g/mol. The molecule has 2 aromatic rings. The van der Waals surface area contributed by atoms with Crippen molar-refractivity contribution in [1.29, 1.82) is 0 Å². The Morgan fingerprint density at radius 1 is 1.11 bits per heavy atom. The quantitative estimate of drug-likeness (QED) is 0.723. The molecule has 2 aromatic carbocycles. The van der Waals surface area contributed by atoms with Gasteiger partial charge in [0.15, 0.2) is 5.75 Å². The van der Waals surface area contributed by atoms with Crippen molar-refractivity contribution in [2.24, 2.45) is 0 Å². The Hall–Kier alpha value is -1.09. The highest BCUT2D eigenvalue weighted by Crippen LogP contribution is 2.41. The van der Waals surface area contributed by atoms with Crippen LogP contribution in [0.4, 0.5) is 5.69 Å². The summed E-state index contributed by atoms with van der Waals surface area (Å²) in [4.78, 5) is 0. The summed E-state index contributed by atoms with van der Waals surface area (Å²) in [7, 11) is 0. The summed E-state index contributed by atoms with van der Waals surface area (Å²) in [6.07, 6.45) is 0.903. The van der Waals surface area contributed by atoms with E-state index in [1.54, 1.807) is 6.07 Å². The van der Waals surface area contributed by atoms with E-state index in [4.69, 9.17) is 27.9 Å². The maximum absolute atomic E-state index is 6.19. The second-order valence-corrected chi connectivity index (χ2v) is 4.99. The molecule has 19 heavy (non-hydrogen) atoms. The lowest BCUT2D eigenvalue weighted by molar-refractivity contribution is 0.475. The van der Waals surface area contributed by atoms with Crippen LogP contribution in [0.5, 0.6) is 11.5 Å². The zero-order chi connectivity index (χ0) is 12.5. The van der Waals surface area contributed by atoms with Gasteiger partial charge in [-0.05, 0) is 30.2 Å². The van der Waals surface area contributed by atoms with Gasteiger partial charge >= 0.3 is 0 Å². The molecule has 0 aliphatic carbocycles. The van der Waals surface area contributed by atoms with E-state index < -0.39 is 0 Å². The van der Waals surface area contributed by atoms with E-state index >= 15 is 0 Å². The van der Waals surface area contributed by atoms with Crippen LogP contribution in [0.15, 0.2) is 36.4 Å².